The molecule has 4 aliphatic carbocycles. The van der Waals surface area contributed by atoms with Crippen LogP contribution in [0.1, 0.15) is 44.9 Å². The lowest BCUT2D eigenvalue weighted by molar-refractivity contribution is -0.124. The van der Waals surface area contributed by atoms with Crippen LogP contribution in [0.5, 0.6) is 0 Å². The zero-order valence-electron chi connectivity index (χ0n) is 17.7. The van der Waals surface area contributed by atoms with E-state index in [1.165, 1.54) is 38.5 Å². The minimum Gasteiger partial charge on any atom is -0.326 e. The number of anilines is 1. The highest BCUT2D eigenvalue weighted by molar-refractivity contribution is 7.13. The Bertz CT molecular complexity index is 1070. The number of nitrogens with zero attached hydrogens (tertiary/aromatic N) is 1. The summed E-state index contributed by atoms with van der Waals surface area (Å²) >= 11 is 1.66. The van der Waals surface area contributed by atoms with Crippen molar-refractivity contribution >= 4 is 22.9 Å². The molecular formula is C27H28N2OS. The van der Waals surface area contributed by atoms with Gasteiger partial charge in [0.25, 0.3) is 0 Å². The zero-order valence-corrected chi connectivity index (χ0v) is 18.5. The number of nitrogens with one attached hydrogen (secondary N) is 1. The minimum absolute atomic E-state index is 0.183. The van der Waals surface area contributed by atoms with Gasteiger partial charge in [0.2, 0.25) is 5.91 Å². The van der Waals surface area contributed by atoms with Gasteiger partial charge in [-0.15, -0.1) is 11.3 Å². The summed E-state index contributed by atoms with van der Waals surface area (Å²) in [5.74, 6) is 2.82. The summed E-state index contributed by atoms with van der Waals surface area (Å²) in [5.41, 5.74) is 4.29. The second-order valence-electron chi connectivity index (χ2n) is 10.1. The number of hydrogen-bond donors (Lipinski definition) is 1. The Kier molecular flexibility index (Phi) is 4.71. The van der Waals surface area contributed by atoms with E-state index in [9.17, 15) is 4.79 Å². The number of aromatic nitrogens is 1. The smallest absolute Gasteiger partial charge is 0.224 e. The average Bonchev–Trinajstić information content (AvgIpc) is 3.23. The molecule has 3 nitrogen and oxygen atoms in total. The number of hydrogen-bond acceptors (Lipinski definition) is 3. The second-order valence-corrected chi connectivity index (χ2v) is 11.0. The summed E-state index contributed by atoms with van der Waals surface area (Å²) in [6, 6.07) is 18.4. The Labute approximate surface area is 187 Å². The highest BCUT2D eigenvalue weighted by Gasteiger charge is 2.51. The van der Waals surface area contributed by atoms with E-state index in [4.69, 9.17) is 4.98 Å². The average molecular weight is 429 g/mol. The second kappa shape index (κ2) is 7.59. The van der Waals surface area contributed by atoms with Crippen LogP contribution >= 0.6 is 11.3 Å². The highest BCUT2D eigenvalue weighted by atomic mass is 32.1. The normalized spacial score (nSPS) is 28.6. The highest BCUT2D eigenvalue weighted by Crippen LogP contribution is 2.61. The molecule has 0 radical (unpaired) electrons. The SMILES string of the molecule is O=C(CC12CC3CC(CC(C3)C1)C2)Nc1cccc(-c2csc(-c3ccccc3)n2)c1. The van der Waals surface area contributed by atoms with Crippen LogP contribution in [0.3, 0.4) is 0 Å². The standard InChI is InChI=1S/C27H28N2OS/c30-25(16-27-13-18-9-19(14-27)11-20(10-18)15-27)28-23-8-4-7-22(12-23)24-17-31-26(29-24)21-5-2-1-3-6-21/h1-8,12,17-20H,9-11,13-16H2,(H,28,30). The fourth-order valence-corrected chi connectivity index (χ4v) is 7.76. The van der Waals surface area contributed by atoms with Gasteiger partial charge in [0.1, 0.15) is 5.01 Å². The molecule has 4 heteroatoms. The van der Waals surface area contributed by atoms with Crippen LogP contribution in [0, 0.1) is 23.2 Å². The van der Waals surface area contributed by atoms with Crippen LogP contribution in [0.15, 0.2) is 60.0 Å². The van der Waals surface area contributed by atoms with Crippen LogP contribution < -0.4 is 5.32 Å². The van der Waals surface area contributed by atoms with Crippen LogP contribution in [-0.2, 0) is 4.79 Å². The molecule has 1 N–H and O–H groups in total. The van der Waals surface area contributed by atoms with E-state index in [1.807, 2.05) is 30.3 Å². The van der Waals surface area contributed by atoms with E-state index in [1.54, 1.807) is 11.3 Å². The van der Waals surface area contributed by atoms with Gasteiger partial charge in [-0.2, -0.15) is 0 Å². The molecule has 7 rings (SSSR count). The van der Waals surface area contributed by atoms with Gasteiger partial charge in [0.15, 0.2) is 0 Å². The molecule has 2 aromatic carbocycles. The Morgan fingerprint density at radius 3 is 2.32 bits per heavy atom. The van der Waals surface area contributed by atoms with Crippen LogP contribution in [0.4, 0.5) is 5.69 Å². The lowest BCUT2D eigenvalue weighted by Crippen LogP contribution is -2.47. The number of amides is 1. The summed E-state index contributed by atoms with van der Waals surface area (Å²) in [6.45, 7) is 0. The summed E-state index contributed by atoms with van der Waals surface area (Å²) in [4.78, 5) is 17.8. The number of benzene rings is 2. The maximum Gasteiger partial charge on any atom is 0.224 e. The van der Waals surface area contributed by atoms with Gasteiger partial charge in [0.05, 0.1) is 5.69 Å². The van der Waals surface area contributed by atoms with Gasteiger partial charge in [-0.05, 0) is 73.8 Å². The number of carbonyl (C=O) groups excluding carboxylic acids is 1. The molecule has 0 aliphatic heterocycles. The molecule has 3 aromatic rings. The first-order chi connectivity index (χ1) is 15.1. The number of thiazole rings is 1. The largest absolute Gasteiger partial charge is 0.326 e. The van der Waals surface area contributed by atoms with Crippen molar-refractivity contribution in [2.24, 2.45) is 23.2 Å². The molecule has 0 atom stereocenters. The van der Waals surface area contributed by atoms with Gasteiger partial charge in [-0.1, -0.05) is 42.5 Å². The fourth-order valence-electron chi connectivity index (χ4n) is 6.93. The Morgan fingerprint density at radius 2 is 1.61 bits per heavy atom. The van der Waals surface area contributed by atoms with Crippen LogP contribution in [-0.4, -0.2) is 10.9 Å². The summed E-state index contributed by atoms with van der Waals surface area (Å²) in [5, 5.41) is 6.32. The van der Waals surface area contributed by atoms with E-state index in [0.29, 0.717) is 6.42 Å². The van der Waals surface area contributed by atoms with Crippen LogP contribution in [0.25, 0.3) is 21.8 Å². The molecule has 31 heavy (non-hydrogen) atoms. The first kappa shape index (κ1) is 19.2. The molecular weight excluding hydrogens is 400 g/mol. The molecule has 1 amide bonds. The van der Waals surface area contributed by atoms with Gasteiger partial charge in [0, 0.05) is 28.6 Å². The van der Waals surface area contributed by atoms with Gasteiger partial charge < -0.3 is 5.32 Å². The summed E-state index contributed by atoms with van der Waals surface area (Å²) in [7, 11) is 0. The Hall–Kier alpha value is -2.46. The van der Waals surface area contributed by atoms with Gasteiger partial charge in [-0.25, -0.2) is 4.98 Å². The maximum absolute atomic E-state index is 13.0. The molecule has 0 saturated heterocycles. The summed E-state index contributed by atoms with van der Waals surface area (Å²) < 4.78 is 0. The van der Waals surface area contributed by atoms with Crippen LogP contribution in [0.2, 0.25) is 0 Å². The molecule has 0 spiro atoms. The summed E-state index contributed by atoms with van der Waals surface area (Å²) in [6.07, 6.45) is 8.76. The van der Waals surface area contributed by atoms with E-state index in [-0.39, 0.29) is 11.3 Å². The Balaban J connectivity index is 1.16. The van der Waals surface area contributed by atoms with E-state index in [2.05, 4.69) is 35.0 Å². The molecule has 4 aliphatic rings. The molecule has 4 saturated carbocycles. The number of rotatable bonds is 5. The fraction of sp³-hybridized carbons (Fsp3) is 0.407. The van der Waals surface area contributed by atoms with Crippen molar-refractivity contribution in [3.8, 4) is 21.8 Å². The number of carbonyl (C=O) groups is 1. The topological polar surface area (TPSA) is 42.0 Å². The minimum atomic E-state index is 0.183. The van der Waals surface area contributed by atoms with Crippen molar-refractivity contribution in [3.63, 3.8) is 0 Å². The lowest BCUT2D eigenvalue weighted by Gasteiger charge is -2.56. The lowest BCUT2D eigenvalue weighted by atomic mass is 9.49. The third-order valence-electron chi connectivity index (χ3n) is 7.67. The molecule has 158 valence electrons. The zero-order chi connectivity index (χ0) is 20.8. The molecule has 0 unspecified atom stereocenters. The van der Waals surface area contributed by atoms with Gasteiger partial charge >= 0.3 is 0 Å². The van der Waals surface area contributed by atoms with Crippen molar-refractivity contribution in [2.75, 3.05) is 5.32 Å². The van der Waals surface area contributed by atoms with Crippen molar-refractivity contribution < 1.29 is 4.79 Å². The molecule has 4 bridgehead atoms. The Morgan fingerprint density at radius 1 is 0.935 bits per heavy atom. The first-order valence-electron chi connectivity index (χ1n) is 11.6. The predicted molar refractivity (Wildman–Crippen MR) is 127 cm³/mol. The van der Waals surface area contributed by atoms with E-state index >= 15 is 0 Å². The third-order valence-corrected chi connectivity index (χ3v) is 8.56. The molecule has 4 fully saturated rings. The van der Waals surface area contributed by atoms with Gasteiger partial charge in [-0.3, -0.25) is 4.79 Å². The quantitative estimate of drug-likeness (QED) is 0.474. The first-order valence-corrected chi connectivity index (χ1v) is 12.4. The van der Waals surface area contributed by atoms with Crippen molar-refractivity contribution in [1.82, 2.24) is 4.98 Å². The molecule has 1 heterocycles. The monoisotopic (exact) mass is 428 g/mol. The van der Waals surface area contributed by atoms with E-state index in [0.717, 1.165) is 45.3 Å². The maximum atomic E-state index is 13.0. The van der Waals surface area contributed by atoms with E-state index < -0.39 is 0 Å². The van der Waals surface area contributed by atoms with Crippen molar-refractivity contribution in [3.05, 3.63) is 60.0 Å². The van der Waals surface area contributed by atoms with Crippen molar-refractivity contribution in [2.45, 2.75) is 44.9 Å². The van der Waals surface area contributed by atoms with Crippen molar-refractivity contribution in [1.29, 1.82) is 0 Å². The third kappa shape index (κ3) is 3.82. The molecule has 1 aromatic heterocycles. The predicted octanol–water partition coefficient (Wildman–Crippen LogP) is 7.02.